The molecule has 1 aromatic rings. The second-order valence-corrected chi connectivity index (χ2v) is 4.00. The van der Waals surface area contributed by atoms with Crippen molar-refractivity contribution in [2.75, 3.05) is 5.73 Å². The fraction of sp³-hybridized carbons (Fsp3) is 0.308. The maximum atomic E-state index is 11.4. The predicted molar refractivity (Wildman–Crippen MR) is 63.5 cm³/mol. The van der Waals surface area contributed by atoms with E-state index in [0.29, 0.717) is 0 Å². The first-order valence-corrected chi connectivity index (χ1v) is 5.32. The molecule has 1 aromatic carbocycles. The van der Waals surface area contributed by atoms with Gasteiger partial charge in [0.1, 0.15) is 0 Å². The van der Waals surface area contributed by atoms with E-state index in [-0.39, 0.29) is 18.4 Å². The Bertz CT molecular complexity index is 459. The van der Waals surface area contributed by atoms with Crippen LogP contribution in [0.1, 0.15) is 30.0 Å². The first-order valence-electron chi connectivity index (χ1n) is 5.32. The third-order valence-corrected chi connectivity index (χ3v) is 2.84. The molecule has 2 rings (SSSR count). The van der Waals surface area contributed by atoms with Gasteiger partial charge in [0.25, 0.3) is 0 Å². The Morgan fingerprint density at radius 1 is 1.62 bits per heavy atom. The summed E-state index contributed by atoms with van der Waals surface area (Å²) in [5.41, 5.74) is 8.88. The molecule has 1 amide bonds. The molecule has 0 saturated carbocycles. The van der Waals surface area contributed by atoms with Crippen LogP contribution in [0.4, 0.5) is 5.69 Å². The van der Waals surface area contributed by atoms with Crippen molar-refractivity contribution in [3.05, 3.63) is 29.3 Å². The van der Waals surface area contributed by atoms with Gasteiger partial charge in [-0.1, -0.05) is 12.0 Å². The number of rotatable bonds is 2. The van der Waals surface area contributed by atoms with Crippen molar-refractivity contribution >= 4 is 11.6 Å². The molecule has 3 nitrogen and oxygen atoms in total. The van der Waals surface area contributed by atoms with Crippen molar-refractivity contribution in [2.24, 2.45) is 0 Å². The lowest BCUT2D eigenvalue weighted by Crippen LogP contribution is -2.26. The van der Waals surface area contributed by atoms with E-state index in [9.17, 15) is 4.79 Å². The minimum absolute atomic E-state index is 0.0859. The molecule has 1 atom stereocenters. The molecule has 3 N–H and O–H groups in total. The fourth-order valence-corrected chi connectivity index (χ4v) is 2.13. The number of fused-ring (bicyclic) bond motifs is 1. The van der Waals surface area contributed by atoms with Gasteiger partial charge >= 0.3 is 0 Å². The second kappa shape index (κ2) is 4.28. The van der Waals surface area contributed by atoms with Crippen LogP contribution in [-0.4, -0.2) is 5.91 Å². The van der Waals surface area contributed by atoms with Crippen molar-refractivity contribution in [1.29, 1.82) is 0 Å². The third kappa shape index (κ3) is 2.01. The van der Waals surface area contributed by atoms with Crippen LogP contribution in [0.3, 0.4) is 0 Å². The quantitative estimate of drug-likeness (QED) is 0.577. The second-order valence-electron chi connectivity index (χ2n) is 4.00. The highest BCUT2D eigenvalue weighted by Crippen LogP contribution is 2.32. The lowest BCUT2D eigenvalue weighted by Gasteiger charge is -2.13. The summed E-state index contributed by atoms with van der Waals surface area (Å²) in [7, 11) is 0. The maximum Gasteiger partial charge on any atom is 0.232 e. The summed E-state index contributed by atoms with van der Waals surface area (Å²) in [4.78, 5) is 11.4. The lowest BCUT2D eigenvalue weighted by molar-refractivity contribution is -0.120. The number of terminal acetylenes is 1. The number of aryl methyl sites for hydroxylation is 1. The van der Waals surface area contributed by atoms with Crippen LogP contribution in [0.2, 0.25) is 0 Å². The predicted octanol–water partition coefficient (Wildman–Crippen LogP) is 1.40. The molecule has 3 heteroatoms. The zero-order valence-electron chi connectivity index (χ0n) is 8.99. The minimum atomic E-state index is -0.0859. The monoisotopic (exact) mass is 214 g/mol. The van der Waals surface area contributed by atoms with Crippen molar-refractivity contribution < 1.29 is 4.79 Å². The minimum Gasteiger partial charge on any atom is -0.399 e. The number of benzene rings is 1. The van der Waals surface area contributed by atoms with Crippen LogP contribution in [0.15, 0.2) is 18.2 Å². The average Bonchev–Trinajstić information content (AvgIpc) is 2.61. The highest BCUT2D eigenvalue weighted by Gasteiger charge is 2.23. The normalized spacial score (nSPS) is 17.6. The van der Waals surface area contributed by atoms with Crippen molar-refractivity contribution in [3.8, 4) is 12.3 Å². The van der Waals surface area contributed by atoms with Gasteiger partial charge in [0, 0.05) is 5.69 Å². The van der Waals surface area contributed by atoms with Crippen LogP contribution < -0.4 is 11.1 Å². The number of hydrogen-bond donors (Lipinski definition) is 2. The first kappa shape index (κ1) is 10.6. The summed E-state index contributed by atoms with van der Waals surface area (Å²) >= 11 is 0. The first-order chi connectivity index (χ1) is 7.70. The highest BCUT2D eigenvalue weighted by atomic mass is 16.1. The number of amides is 1. The lowest BCUT2D eigenvalue weighted by atomic mass is 10.1. The number of nitrogen functional groups attached to an aromatic ring is 1. The molecular weight excluding hydrogens is 200 g/mol. The summed E-state index contributed by atoms with van der Waals surface area (Å²) < 4.78 is 0. The Labute approximate surface area is 95.0 Å². The van der Waals surface area contributed by atoms with Gasteiger partial charge in [0.05, 0.1) is 12.5 Å². The smallest absolute Gasteiger partial charge is 0.232 e. The van der Waals surface area contributed by atoms with Crippen molar-refractivity contribution in [1.82, 2.24) is 5.32 Å². The number of carbonyl (C=O) groups excluding carboxylic acids is 1. The zero-order chi connectivity index (χ0) is 11.5. The van der Waals surface area contributed by atoms with E-state index in [0.717, 1.165) is 18.5 Å². The molecule has 0 aliphatic heterocycles. The third-order valence-electron chi connectivity index (χ3n) is 2.84. The Balaban J connectivity index is 2.12. The number of nitrogens with one attached hydrogen (secondary N) is 1. The molecule has 0 aromatic heterocycles. The Morgan fingerprint density at radius 2 is 2.44 bits per heavy atom. The van der Waals surface area contributed by atoms with E-state index in [1.165, 1.54) is 11.1 Å². The maximum absolute atomic E-state index is 11.4. The highest BCUT2D eigenvalue weighted by molar-refractivity contribution is 5.79. The molecule has 1 aliphatic rings. The Morgan fingerprint density at radius 3 is 3.19 bits per heavy atom. The van der Waals surface area contributed by atoms with E-state index in [1.807, 2.05) is 18.2 Å². The van der Waals surface area contributed by atoms with Gasteiger partial charge in [0.15, 0.2) is 0 Å². The number of carbonyl (C=O) groups is 1. The van der Waals surface area contributed by atoms with E-state index >= 15 is 0 Å². The summed E-state index contributed by atoms with van der Waals surface area (Å²) in [6, 6.07) is 5.92. The topological polar surface area (TPSA) is 55.1 Å². The molecule has 0 bridgehead atoms. The molecule has 0 saturated heterocycles. The summed E-state index contributed by atoms with van der Waals surface area (Å²) in [6.45, 7) is 0. The molecule has 0 radical (unpaired) electrons. The molecule has 1 unspecified atom stereocenters. The standard InChI is InChI=1S/C13H14N2O/c1-2-3-13(16)15-12-7-4-9-8-10(14)5-6-11(9)12/h1,5-6,8,12H,3-4,7,14H2,(H,15,16). The van der Waals surface area contributed by atoms with Gasteiger partial charge < -0.3 is 11.1 Å². The van der Waals surface area contributed by atoms with Crippen LogP contribution in [-0.2, 0) is 11.2 Å². The number of nitrogens with two attached hydrogens (primary N) is 1. The van der Waals surface area contributed by atoms with Crippen LogP contribution >= 0.6 is 0 Å². The van der Waals surface area contributed by atoms with Gasteiger partial charge in [-0.3, -0.25) is 4.79 Å². The molecule has 1 aliphatic carbocycles. The number of hydrogen-bond acceptors (Lipinski definition) is 2. The molecular formula is C13H14N2O. The van der Waals surface area contributed by atoms with Gasteiger partial charge in [-0.05, 0) is 36.1 Å². The van der Waals surface area contributed by atoms with Crippen LogP contribution in [0.25, 0.3) is 0 Å². The molecule has 82 valence electrons. The van der Waals surface area contributed by atoms with E-state index in [4.69, 9.17) is 12.2 Å². The van der Waals surface area contributed by atoms with E-state index < -0.39 is 0 Å². The van der Waals surface area contributed by atoms with E-state index in [1.54, 1.807) is 0 Å². The van der Waals surface area contributed by atoms with Crippen LogP contribution in [0, 0.1) is 12.3 Å². The van der Waals surface area contributed by atoms with Gasteiger partial charge in [-0.2, -0.15) is 0 Å². The van der Waals surface area contributed by atoms with Crippen molar-refractivity contribution in [3.63, 3.8) is 0 Å². The molecule has 0 heterocycles. The fourth-order valence-electron chi connectivity index (χ4n) is 2.13. The Kier molecular flexibility index (Phi) is 2.82. The molecule has 0 spiro atoms. The molecule has 0 fully saturated rings. The van der Waals surface area contributed by atoms with Crippen molar-refractivity contribution in [2.45, 2.75) is 25.3 Å². The number of anilines is 1. The van der Waals surface area contributed by atoms with Crippen LogP contribution in [0.5, 0.6) is 0 Å². The zero-order valence-corrected chi connectivity index (χ0v) is 8.99. The summed E-state index contributed by atoms with van der Waals surface area (Å²) in [5.74, 6) is 2.26. The summed E-state index contributed by atoms with van der Waals surface area (Å²) in [6.07, 6.45) is 7.12. The van der Waals surface area contributed by atoms with E-state index in [2.05, 4.69) is 11.2 Å². The summed E-state index contributed by atoms with van der Waals surface area (Å²) in [5, 5.41) is 2.93. The van der Waals surface area contributed by atoms with Gasteiger partial charge in [-0.25, -0.2) is 0 Å². The van der Waals surface area contributed by atoms with Gasteiger partial charge in [0.2, 0.25) is 5.91 Å². The SMILES string of the molecule is C#CCC(=O)NC1CCc2cc(N)ccc21. The molecule has 16 heavy (non-hydrogen) atoms. The van der Waals surface area contributed by atoms with Gasteiger partial charge in [-0.15, -0.1) is 6.42 Å². The Hall–Kier alpha value is -1.95. The largest absolute Gasteiger partial charge is 0.399 e. The average molecular weight is 214 g/mol.